The zero-order valence-electron chi connectivity index (χ0n) is 13.3. The molecular formula is C17H23N3OS. The summed E-state index contributed by atoms with van der Waals surface area (Å²) in [5.41, 5.74) is 2.42. The van der Waals surface area contributed by atoms with Crippen molar-refractivity contribution in [3.63, 3.8) is 0 Å². The summed E-state index contributed by atoms with van der Waals surface area (Å²) in [5, 5.41) is 3.44. The van der Waals surface area contributed by atoms with Crippen LogP contribution in [0.2, 0.25) is 0 Å². The fourth-order valence-corrected chi connectivity index (χ4v) is 3.59. The van der Waals surface area contributed by atoms with Crippen LogP contribution in [0.1, 0.15) is 17.6 Å². The highest BCUT2D eigenvalue weighted by atomic mass is 32.1. The number of hydrogen-bond donors (Lipinski definition) is 0. The van der Waals surface area contributed by atoms with E-state index in [-0.39, 0.29) is 0 Å². The molecule has 2 aromatic rings. The molecule has 0 unspecified atom stereocenters. The first-order valence-corrected chi connectivity index (χ1v) is 8.71. The summed E-state index contributed by atoms with van der Waals surface area (Å²) in [4.78, 5) is 9.57. The van der Waals surface area contributed by atoms with Crippen LogP contribution in [-0.4, -0.2) is 43.2 Å². The highest BCUT2D eigenvalue weighted by molar-refractivity contribution is 7.09. The van der Waals surface area contributed by atoms with Gasteiger partial charge in [0.2, 0.25) is 0 Å². The number of nitrogens with zero attached hydrogens (tertiary/aromatic N) is 3. The number of rotatable bonds is 5. The lowest BCUT2D eigenvalue weighted by Gasteiger charge is -2.36. The molecule has 0 amide bonds. The minimum Gasteiger partial charge on any atom is -0.495 e. The molecule has 0 atom stereocenters. The van der Waals surface area contributed by atoms with E-state index < -0.39 is 0 Å². The monoisotopic (exact) mass is 317 g/mol. The Labute approximate surface area is 136 Å². The summed E-state index contributed by atoms with van der Waals surface area (Å²) < 4.78 is 5.47. The summed E-state index contributed by atoms with van der Waals surface area (Å²) in [6.45, 7) is 7.33. The van der Waals surface area contributed by atoms with E-state index in [0.717, 1.165) is 44.9 Å². The SMILES string of the molecule is CCc1nc(CN2CCN(c3ccccc3OC)CC2)cs1. The number of piperazine rings is 1. The first-order valence-electron chi connectivity index (χ1n) is 7.83. The van der Waals surface area contributed by atoms with E-state index in [4.69, 9.17) is 4.74 Å². The molecule has 1 fully saturated rings. The van der Waals surface area contributed by atoms with Crippen molar-refractivity contribution in [2.75, 3.05) is 38.2 Å². The molecule has 5 heteroatoms. The lowest BCUT2D eigenvalue weighted by atomic mass is 10.2. The van der Waals surface area contributed by atoms with Gasteiger partial charge in [-0.3, -0.25) is 4.90 Å². The van der Waals surface area contributed by atoms with E-state index in [2.05, 4.69) is 39.2 Å². The first kappa shape index (κ1) is 15.3. The number of hydrogen-bond acceptors (Lipinski definition) is 5. The number of thiazole rings is 1. The summed E-state index contributed by atoms with van der Waals surface area (Å²) in [6.07, 6.45) is 1.03. The van der Waals surface area contributed by atoms with Crippen LogP contribution in [0.3, 0.4) is 0 Å². The molecule has 1 saturated heterocycles. The van der Waals surface area contributed by atoms with Crippen LogP contribution in [0.15, 0.2) is 29.6 Å². The quantitative estimate of drug-likeness (QED) is 0.847. The van der Waals surface area contributed by atoms with Crippen molar-refractivity contribution >= 4 is 17.0 Å². The third-order valence-corrected chi connectivity index (χ3v) is 5.13. The van der Waals surface area contributed by atoms with Gasteiger partial charge in [0.05, 0.1) is 23.5 Å². The predicted molar refractivity (Wildman–Crippen MR) is 92.0 cm³/mol. The molecule has 118 valence electrons. The van der Waals surface area contributed by atoms with Crippen LogP contribution in [0.4, 0.5) is 5.69 Å². The van der Waals surface area contributed by atoms with Crippen molar-refractivity contribution < 1.29 is 4.74 Å². The Morgan fingerprint density at radius 3 is 2.64 bits per heavy atom. The third-order valence-electron chi connectivity index (χ3n) is 4.09. The topological polar surface area (TPSA) is 28.6 Å². The van der Waals surface area contributed by atoms with Gasteiger partial charge in [-0.15, -0.1) is 11.3 Å². The van der Waals surface area contributed by atoms with E-state index in [0.29, 0.717) is 0 Å². The Kier molecular flexibility index (Phi) is 4.95. The Balaban J connectivity index is 1.58. The van der Waals surface area contributed by atoms with Gasteiger partial charge in [-0.2, -0.15) is 0 Å². The number of benzene rings is 1. The van der Waals surface area contributed by atoms with E-state index in [1.165, 1.54) is 16.4 Å². The summed E-state index contributed by atoms with van der Waals surface area (Å²) >= 11 is 1.78. The number of anilines is 1. The predicted octanol–water partition coefficient (Wildman–Crippen LogP) is 3.04. The fraction of sp³-hybridized carbons (Fsp3) is 0.471. The van der Waals surface area contributed by atoms with Crippen molar-refractivity contribution in [3.05, 3.63) is 40.3 Å². The minimum atomic E-state index is 0.961. The standard InChI is InChI=1S/C17H23N3OS/c1-3-17-18-14(13-22-17)12-19-8-10-20(11-9-19)15-6-4-5-7-16(15)21-2/h4-7,13H,3,8-12H2,1-2H3. The van der Waals surface area contributed by atoms with E-state index in [1.807, 2.05) is 12.1 Å². The highest BCUT2D eigenvalue weighted by Gasteiger charge is 2.20. The van der Waals surface area contributed by atoms with Gasteiger partial charge < -0.3 is 9.64 Å². The second kappa shape index (κ2) is 7.11. The molecule has 4 nitrogen and oxygen atoms in total. The normalized spacial score (nSPS) is 16.0. The molecule has 1 aromatic carbocycles. The van der Waals surface area contributed by atoms with Crippen molar-refractivity contribution in [2.45, 2.75) is 19.9 Å². The van der Waals surface area contributed by atoms with Gasteiger partial charge in [-0.1, -0.05) is 19.1 Å². The molecule has 1 aromatic heterocycles. The maximum Gasteiger partial charge on any atom is 0.142 e. The van der Waals surface area contributed by atoms with Gasteiger partial charge in [0.15, 0.2) is 0 Å². The molecule has 0 saturated carbocycles. The van der Waals surface area contributed by atoms with Crippen LogP contribution in [0, 0.1) is 0 Å². The van der Waals surface area contributed by atoms with E-state index in [1.54, 1.807) is 18.4 Å². The van der Waals surface area contributed by atoms with Gasteiger partial charge in [-0.25, -0.2) is 4.98 Å². The summed E-state index contributed by atoms with van der Waals surface area (Å²) in [5.74, 6) is 0.961. The van der Waals surface area contributed by atoms with Crippen LogP contribution in [0.25, 0.3) is 0 Å². The van der Waals surface area contributed by atoms with Crippen LogP contribution >= 0.6 is 11.3 Å². The number of para-hydroxylation sites is 2. The molecular weight excluding hydrogens is 294 g/mol. The lowest BCUT2D eigenvalue weighted by molar-refractivity contribution is 0.246. The molecule has 1 aliphatic rings. The largest absolute Gasteiger partial charge is 0.495 e. The zero-order chi connectivity index (χ0) is 15.4. The second-order valence-electron chi connectivity index (χ2n) is 5.52. The summed E-state index contributed by atoms with van der Waals surface area (Å²) in [7, 11) is 1.74. The average molecular weight is 317 g/mol. The fourth-order valence-electron chi connectivity index (χ4n) is 2.85. The van der Waals surface area contributed by atoms with Crippen LogP contribution < -0.4 is 9.64 Å². The third kappa shape index (κ3) is 3.42. The molecule has 0 radical (unpaired) electrons. The molecule has 1 aliphatic heterocycles. The van der Waals surface area contributed by atoms with Gasteiger partial charge in [0, 0.05) is 38.1 Å². The molecule has 0 N–H and O–H groups in total. The van der Waals surface area contributed by atoms with Gasteiger partial charge >= 0.3 is 0 Å². The van der Waals surface area contributed by atoms with E-state index >= 15 is 0 Å². The number of aryl methyl sites for hydroxylation is 1. The molecule has 0 bridgehead atoms. The van der Waals surface area contributed by atoms with Gasteiger partial charge in [0.1, 0.15) is 5.75 Å². The smallest absolute Gasteiger partial charge is 0.142 e. The van der Waals surface area contributed by atoms with Crippen molar-refractivity contribution in [3.8, 4) is 5.75 Å². The van der Waals surface area contributed by atoms with Crippen LogP contribution in [0.5, 0.6) is 5.75 Å². The second-order valence-corrected chi connectivity index (χ2v) is 6.46. The number of ether oxygens (including phenoxy) is 1. The highest BCUT2D eigenvalue weighted by Crippen LogP contribution is 2.28. The van der Waals surface area contributed by atoms with Crippen molar-refractivity contribution in [1.82, 2.24) is 9.88 Å². The molecule has 0 spiro atoms. The molecule has 2 heterocycles. The maximum atomic E-state index is 5.47. The number of methoxy groups -OCH3 is 1. The zero-order valence-corrected chi connectivity index (χ0v) is 14.1. The lowest BCUT2D eigenvalue weighted by Crippen LogP contribution is -2.46. The summed E-state index contributed by atoms with van der Waals surface area (Å²) in [6, 6.07) is 8.27. The maximum absolute atomic E-state index is 5.47. The molecule has 22 heavy (non-hydrogen) atoms. The Bertz CT molecular complexity index is 605. The van der Waals surface area contributed by atoms with Crippen molar-refractivity contribution in [1.29, 1.82) is 0 Å². The van der Waals surface area contributed by atoms with E-state index in [9.17, 15) is 0 Å². The average Bonchev–Trinajstić information content (AvgIpc) is 3.03. The van der Waals surface area contributed by atoms with Gasteiger partial charge in [0.25, 0.3) is 0 Å². The van der Waals surface area contributed by atoms with Crippen LogP contribution in [-0.2, 0) is 13.0 Å². The minimum absolute atomic E-state index is 0.961. The number of aromatic nitrogens is 1. The Morgan fingerprint density at radius 2 is 1.95 bits per heavy atom. The Hall–Kier alpha value is -1.59. The molecule has 0 aliphatic carbocycles. The Morgan fingerprint density at radius 1 is 1.18 bits per heavy atom. The van der Waals surface area contributed by atoms with Gasteiger partial charge in [-0.05, 0) is 18.6 Å². The van der Waals surface area contributed by atoms with Crippen molar-refractivity contribution in [2.24, 2.45) is 0 Å². The molecule has 3 rings (SSSR count). The first-order chi connectivity index (χ1) is 10.8.